The molecule has 0 saturated carbocycles. The van der Waals surface area contributed by atoms with Crippen LogP contribution in [0.15, 0.2) is 279 Å². The molecule has 0 atom stereocenters. The summed E-state index contributed by atoms with van der Waals surface area (Å²) in [5.41, 5.74) is 0.154. The van der Waals surface area contributed by atoms with Crippen molar-refractivity contribution >= 4 is 32.8 Å². The van der Waals surface area contributed by atoms with Crippen molar-refractivity contribution in [3.63, 3.8) is 0 Å². The van der Waals surface area contributed by atoms with E-state index >= 15 is 0 Å². The van der Waals surface area contributed by atoms with Crippen molar-refractivity contribution in [1.82, 2.24) is 14.1 Å². The monoisotopic (exact) mass is 1460 g/mol. The quantitative estimate of drug-likeness (QED) is 0.0903. The predicted molar refractivity (Wildman–Crippen MR) is 399 cm³/mol. The zero-order valence-corrected chi connectivity index (χ0v) is 56.6. The van der Waals surface area contributed by atoms with E-state index in [1.54, 1.807) is 62.2 Å². The Labute approximate surface area is 621 Å². The number of pyridine rings is 1. The second-order valence-electron chi connectivity index (χ2n) is 26.5. The minimum Gasteiger partial charge on any atom is -0.510 e. The van der Waals surface area contributed by atoms with Gasteiger partial charge in [-0.2, -0.15) is 18.2 Å². The summed E-state index contributed by atoms with van der Waals surface area (Å²) in [6.45, 7) is 15.5. The average Bonchev–Trinajstić information content (AvgIpc) is 1.52. The number of aryl methyl sites for hydroxylation is 1. The van der Waals surface area contributed by atoms with Crippen molar-refractivity contribution in [2.75, 3.05) is 0 Å². The molecule has 15 aromatic rings. The number of imidazole rings is 1. The fraction of sp³-hybridized carbons (Fsp3) is 0.143. The molecule has 478 valence electrons. The molecule has 0 bridgehead atoms. The van der Waals surface area contributed by atoms with E-state index in [4.69, 9.17) is 33.0 Å². The fourth-order valence-electron chi connectivity index (χ4n) is 11.9. The van der Waals surface area contributed by atoms with Gasteiger partial charge >= 0.3 is 0 Å². The molecule has 0 unspecified atom stereocenters. The van der Waals surface area contributed by atoms with Crippen molar-refractivity contribution in [1.29, 1.82) is 0 Å². The fourth-order valence-corrected chi connectivity index (χ4v) is 11.9. The third-order valence-electron chi connectivity index (χ3n) is 17.0. The van der Waals surface area contributed by atoms with Gasteiger partial charge in [0.05, 0.1) is 48.2 Å². The summed E-state index contributed by atoms with van der Waals surface area (Å²) < 4.78 is 250. The third-order valence-corrected chi connectivity index (χ3v) is 17.0. The Morgan fingerprint density at radius 2 is 0.990 bits per heavy atom. The molecule has 0 fully saturated rings. The van der Waals surface area contributed by atoms with Crippen LogP contribution in [-0.4, -0.2) is 14.1 Å². The maximum Gasteiger partial charge on any atom is 0.268 e. The van der Waals surface area contributed by atoms with Crippen LogP contribution in [0.5, 0.6) is 11.5 Å². The molecule has 15 rings (SSSR count). The Bertz CT molecular complexity index is 6770. The maximum atomic E-state index is 10.8. The molecule has 97 heavy (non-hydrogen) atoms. The van der Waals surface area contributed by atoms with Gasteiger partial charge in [0, 0.05) is 54.0 Å². The van der Waals surface area contributed by atoms with Crippen molar-refractivity contribution in [3.8, 4) is 107 Å². The zero-order chi connectivity index (χ0) is 88.6. The molecule has 0 aliphatic carbocycles. The van der Waals surface area contributed by atoms with Gasteiger partial charge < -0.3 is 13.9 Å². The summed E-state index contributed by atoms with van der Waals surface area (Å²) in [7, 11) is 0. The molecular weight excluding hydrogens is 1360 g/mol. The van der Waals surface area contributed by atoms with Crippen LogP contribution in [0.3, 0.4) is 0 Å². The molecular formula is C91H76N4OPt-2. The molecule has 3 aromatic heterocycles. The molecule has 0 N–H and O–H groups in total. The van der Waals surface area contributed by atoms with Gasteiger partial charge in [-0.15, -0.1) is 29.7 Å². The van der Waals surface area contributed by atoms with Crippen LogP contribution < -0.4 is 9.30 Å². The summed E-state index contributed by atoms with van der Waals surface area (Å²) in [5.74, 6) is 0.311. The van der Waals surface area contributed by atoms with Gasteiger partial charge in [0.2, 0.25) is 0 Å². The Balaban J connectivity index is 0.0000123. The first-order valence-electron chi connectivity index (χ1n) is 44.2. The van der Waals surface area contributed by atoms with E-state index in [1.165, 1.54) is 18.3 Å². The molecule has 0 aliphatic heterocycles. The molecule has 0 spiro atoms. The summed E-state index contributed by atoms with van der Waals surface area (Å²) in [4.78, 5) is 4.74. The number of ether oxygens (including phenoxy) is 1. The van der Waals surface area contributed by atoms with Crippen LogP contribution in [0.2, 0.25) is 0 Å². The molecule has 0 saturated heterocycles. The van der Waals surface area contributed by atoms with Crippen LogP contribution in [0, 0.1) is 25.3 Å². The predicted octanol–water partition coefficient (Wildman–Crippen LogP) is 23.5. The van der Waals surface area contributed by atoms with E-state index in [9.17, 15) is 12.3 Å². The summed E-state index contributed by atoms with van der Waals surface area (Å²) >= 11 is 0. The van der Waals surface area contributed by atoms with Gasteiger partial charge in [0.1, 0.15) is 5.82 Å². The van der Waals surface area contributed by atoms with Crippen molar-refractivity contribution in [2.45, 2.75) is 85.4 Å². The Hall–Kier alpha value is -10.5. The van der Waals surface area contributed by atoms with Crippen molar-refractivity contribution in [2.24, 2.45) is 0 Å². The number of benzene rings is 12. The second-order valence-corrected chi connectivity index (χ2v) is 26.5. The van der Waals surface area contributed by atoms with Crippen LogP contribution in [-0.2, 0) is 37.3 Å². The molecule has 6 heteroatoms. The first-order valence-corrected chi connectivity index (χ1v) is 31.2. The topological polar surface area (TPSA) is 35.9 Å². The molecule has 12 aromatic carbocycles. The third kappa shape index (κ3) is 12.6. The largest absolute Gasteiger partial charge is 0.510 e. The number of nitrogens with zero attached hydrogens (tertiary/aromatic N) is 4. The second kappa shape index (κ2) is 25.6. The number of para-hydroxylation sites is 1. The Morgan fingerprint density at radius 3 is 1.60 bits per heavy atom. The Kier molecular flexibility index (Phi) is 10.6. The van der Waals surface area contributed by atoms with E-state index in [0.29, 0.717) is 44.0 Å². The zero-order valence-electron chi connectivity index (χ0n) is 80.3. The van der Waals surface area contributed by atoms with Crippen molar-refractivity contribution in [3.05, 3.63) is 319 Å². The van der Waals surface area contributed by atoms with Gasteiger partial charge in [0.25, 0.3) is 6.33 Å². The molecule has 3 heterocycles. The smallest absolute Gasteiger partial charge is 0.268 e. The van der Waals surface area contributed by atoms with Crippen LogP contribution in [0.4, 0.5) is 0 Å². The molecule has 0 radical (unpaired) electrons. The number of hydrogen-bond donors (Lipinski definition) is 0. The van der Waals surface area contributed by atoms with Crippen LogP contribution >= 0.6 is 0 Å². The van der Waals surface area contributed by atoms with Gasteiger partial charge in [-0.25, -0.2) is 4.98 Å². The van der Waals surface area contributed by atoms with Crippen LogP contribution in [0.1, 0.15) is 120 Å². The first-order chi connectivity index (χ1) is 57.1. The normalized spacial score (nSPS) is 15.8. The van der Waals surface area contributed by atoms with Gasteiger partial charge in [-0.3, -0.25) is 4.57 Å². The van der Waals surface area contributed by atoms with E-state index in [0.717, 1.165) is 22.3 Å². The molecule has 5 nitrogen and oxygen atoms in total. The van der Waals surface area contributed by atoms with E-state index < -0.39 is 184 Å². The van der Waals surface area contributed by atoms with Crippen molar-refractivity contribution < 1.29 is 66.0 Å². The van der Waals surface area contributed by atoms with Gasteiger partial charge in [-0.05, 0) is 177 Å². The molecule has 0 amide bonds. The Morgan fingerprint density at radius 1 is 0.433 bits per heavy atom. The maximum absolute atomic E-state index is 10.8. The summed E-state index contributed by atoms with van der Waals surface area (Å²) in [6, 6.07) is 28.3. The summed E-state index contributed by atoms with van der Waals surface area (Å²) in [6.07, 6.45) is 4.81. The average molecular weight is 1460 g/mol. The van der Waals surface area contributed by atoms with Gasteiger partial charge in [0.15, 0.2) is 0 Å². The SMILES string of the molecule is [2H]c1c([2H])c([2H])c(-c2cc(-c3cc(C(C)(C)C)cc(C(C)(C)C)c3)c(-[n+]3[c-]n(-c4[c-]c(Oc5[c-]c6c(cc5)c5ccccc5n6-c5cc(C([2H])([2H])[2H])c(-c6c([2H])c([2H])c([2H])c([2H])c6[2H])cn5)ccc4)c4cc(-c5ccc(C(C)(C)C)cc5)ccc43)c(-c3c([2H])c(-c4c([2H])c([2H])c([2H])c([2H])c4[2H])c([2H])c(-c4c([2H])c([2H])c([2H])c([2H])c4[2H])c3[2H])c2)c([2H])c1[2H].[Pt]. The number of fused-ring (bicyclic) bond motifs is 4. The summed E-state index contributed by atoms with van der Waals surface area (Å²) in [5, 5.41) is 1.35. The minimum absolute atomic E-state index is 0. The van der Waals surface area contributed by atoms with E-state index in [2.05, 4.69) is 45.3 Å². The minimum atomic E-state index is -2.91. The van der Waals surface area contributed by atoms with Crippen LogP contribution in [0.25, 0.3) is 128 Å². The number of rotatable bonds is 12. The standard InChI is InChI=1S/C91H76N4O.Pt/c1-60-46-87(92-58-82(60)65-32-21-14-22-33-65)95-83-37-24-23-36-78(83)79-44-43-77(57-85(79)95)96-76-35-25-34-75(56-76)93-59-94(84-45-40-66(54-86(84)93)64-38-41-72(42-39-64)89(2,3)4)88-80(70-48-67(61-26-15-11-16-27-61)47-68(49-70)62-28-17-12-18-29-62)52-69(63-30-19-13-20-31-63)53-81(88)71-50-73(90(5,6)7)55-74(51-71)91(8,9)10;/h11-55,58H,1-10H3;/q-2;/i1D3,11D,12D,13D,14D,15D,16D,17D,18D,19D,20D,21D,22D,26D,27D,28D,29D,30D,31D,32D,33D,47D,48D,49D;. The first kappa shape index (κ1) is 40.2. The molecule has 0 aliphatic rings. The van der Waals surface area contributed by atoms with E-state index in [1.807, 2.05) is 108 Å². The van der Waals surface area contributed by atoms with Gasteiger partial charge in [-0.1, -0.05) is 261 Å². The van der Waals surface area contributed by atoms with E-state index in [-0.39, 0.29) is 94.1 Å². The number of aromatic nitrogens is 4. The number of hydrogen-bond acceptors (Lipinski definition) is 2.